The molecule has 0 saturated carbocycles. The lowest BCUT2D eigenvalue weighted by Gasteiger charge is -1.93. The molecule has 2 aromatic rings. The maximum atomic E-state index is 5.26. The fourth-order valence-corrected chi connectivity index (χ4v) is 1.22. The molecule has 0 amide bonds. The van der Waals surface area contributed by atoms with E-state index in [1.807, 2.05) is 6.07 Å². The molecule has 0 fully saturated rings. The van der Waals surface area contributed by atoms with Gasteiger partial charge < -0.3 is 4.42 Å². The molecular formula is C10H10O. The second-order valence-electron chi connectivity index (χ2n) is 2.65. The molecule has 0 spiro atoms. The van der Waals surface area contributed by atoms with Crippen LogP contribution in [0.2, 0.25) is 0 Å². The minimum absolute atomic E-state index is 0.990. The SMILES string of the molecule is CCc1ccc2ccoc2c1. The summed E-state index contributed by atoms with van der Waals surface area (Å²) < 4.78 is 5.26. The van der Waals surface area contributed by atoms with Gasteiger partial charge in [-0.2, -0.15) is 0 Å². The van der Waals surface area contributed by atoms with Crippen molar-refractivity contribution in [1.82, 2.24) is 0 Å². The molecule has 0 bridgehead atoms. The van der Waals surface area contributed by atoms with Gasteiger partial charge in [0.1, 0.15) is 5.58 Å². The number of hydrogen-bond acceptors (Lipinski definition) is 1. The molecule has 0 aliphatic carbocycles. The van der Waals surface area contributed by atoms with Crippen LogP contribution in [0.25, 0.3) is 11.0 Å². The van der Waals surface area contributed by atoms with Crippen LogP contribution >= 0.6 is 0 Å². The standard InChI is InChI=1S/C10H10O/c1-2-8-3-4-9-5-6-11-10(9)7-8/h3-7H,2H2,1H3. The third-order valence-electron chi connectivity index (χ3n) is 1.93. The molecule has 0 radical (unpaired) electrons. The summed E-state index contributed by atoms with van der Waals surface area (Å²) in [7, 11) is 0. The number of furan rings is 1. The lowest BCUT2D eigenvalue weighted by atomic mass is 10.1. The Morgan fingerprint density at radius 2 is 2.18 bits per heavy atom. The summed E-state index contributed by atoms with van der Waals surface area (Å²) in [5.74, 6) is 0. The Morgan fingerprint density at radius 1 is 1.27 bits per heavy atom. The smallest absolute Gasteiger partial charge is 0.134 e. The fraction of sp³-hybridized carbons (Fsp3) is 0.200. The fourth-order valence-electron chi connectivity index (χ4n) is 1.22. The Hall–Kier alpha value is -1.24. The van der Waals surface area contributed by atoms with E-state index in [2.05, 4.69) is 25.1 Å². The highest BCUT2D eigenvalue weighted by molar-refractivity contribution is 5.77. The topological polar surface area (TPSA) is 13.1 Å². The van der Waals surface area contributed by atoms with Crippen LogP contribution in [0.15, 0.2) is 34.9 Å². The zero-order valence-corrected chi connectivity index (χ0v) is 6.50. The van der Waals surface area contributed by atoms with E-state index in [1.165, 1.54) is 10.9 Å². The molecule has 0 aliphatic heterocycles. The molecule has 11 heavy (non-hydrogen) atoms. The summed E-state index contributed by atoms with van der Waals surface area (Å²) >= 11 is 0. The van der Waals surface area contributed by atoms with Crippen molar-refractivity contribution in [3.8, 4) is 0 Å². The van der Waals surface area contributed by atoms with E-state index in [0.29, 0.717) is 0 Å². The predicted octanol–water partition coefficient (Wildman–Crippen LogP) is 3.00. The van der Waals surface area contributed by atoms with Gasteiger partial charge in [-0.15, -0.1) is 0 Å². The van der Waals surface area contributed by atoms with E-state index in [4.69, 9.17) is 4.42 Å². The Bertz CT molecular complexity index is 360. The van der Waals surface area contributed by atoms with Crippen LogP contribution in [-0.2, 0) is 6.42 Å². The zero-order chi connectivity index (χ0) is 7.68. The number of fused-ring (bicyclic) bond motifs is 1. The largest absolute Gasteiger partial charge is 0.464 e. The molecule has 1 heterocycles. The Labute approximate surface area is 65.6 Å². The monoisotopic (exact) mass is 146 g/mol. The maximum absolute atomic E-state index is 5.26. The third-order valence-corrected chi connectivity index (χ3v) is 1.93. The summed E-state index contributed by atoms with van der Waals surface area (Å²) in [4.78, 5) is 0. The highest BCUT2D eigenvalue weighted by atomic mass is 16.3. The van der Waals surface area contributed by atoms with Crippen LogP contribution in [0.5, 0.6) is 0 Å². The van der Waals surface area contributed by atoms with Gasteiger partial charge in [0, 0.05) is 5.39 Å². The minimum atomic E-state index is 0.990. The Kier molecular flexibility index (Phi) is 1.42. The number of benzene rings is 1. The molecule has 2 rings (SSSR count). The van der Waals surface area contributed by atoms with Gasteiger partial charge in [-0.05, 0) is 24.1 Å². The predicted molar refractivity (Wildman–Crippen MR) is 45.6 cm³/mol. The highest BCUT2D eigenvalue weighted by Crippen LogP contribution is 2.16. The molecule has 1 heteroatoms. The van der Waals surface area contributed by atoms with E-state index in [0.717, 1.165) is 12.0 Å². The van der Waals surface area contributed by atoms with Gasteiger partial charge in [-0.25, -0.2) is 0 Å². The molecule has 1 nitrogen and oxygen atoms in total. The summed E-state index contributed by atoms with van der Waals surface area (Å²) in [5.41, 5.74) is 2.32. The first-order valence-corrected chi connectivity index (χ1v) is 3.86. The first-order valence-electron chi connectivity index (χ1n) is 3.86. The van der Waals surface area contributed by atoms with Crippen LogP contribution in [0.3, 0.4) is 0 Å². The van der Waals surface area contributed by atoms with Crippen LogP contribution in [0, 0.1) is 0 Å². The van der Waals surface area contributed by atoms with Crippen molar-refractivity contribution in [2.45, 2.75) is 13.3 Å². The van der Waals surface area contributed by atoms with Crippen molar-refractivity contribution >= 4 is 11.0 Å². The number of aryl methyl sites for hydroxylation is 1. The van der Waals surface area contributed by atoms with E-state index in [-0.39, 0.29) is 0 Å². The van der Waals surface area contributed by atoms with Crippen molar-refractivity contribution in [1.29, 1.82) is 0 Å². The number of rotatable bonds is 1. The molecule has 56 valence electrons. The van der Waals surface area contributed by atoms with Gasteiger partial charge in [0.25, 0.3) is 0 Å². The molecule has 0 N–H and O–H groups in total. The van der Waals surface area contributed by atoms with Crippen molar-refractivity contribution in [3.05, 3.63) is 36.1 Å². The molecule has 0 atom stereocenters. The van der Waals surface area contributed by atoms with E-state index in [9.17, 15) is 0 Å². The average Bonchev–Trinajstić information content (AvgIpc) is 2.50. The van der Waals surface area contributed by atoms with E-state index in [1.54, 1.807) is 6.26 Å². The lowest BCUT2D eigenvalue weighted by molar-refractivity contribution is 0.615. The van der Waals surface area contributed by atoms with Crippen molar-refractivity contribution in [3.63, 3.8) is 0 Å². The summed E-state index contributed by atoms with van der Waals surface area (Å²) in [5, 5.41) is 1.18. The quantitative estimate of drug-likeness (QED) is 0.602. The normalized spacial score (nSPS) is 10.6. The molecule has 0 unspecified atom stereocenters. The lowest BCUT2D eigenvalue weighted by Crippen LogP contribution is -1.76. The Morgan fingerprint density at radius 3 is 3.00 bits per heavy atom. The number of hydrogen-bond donors (Lipinski definition) is 0. The Balaban J connectivity index is 2.67. The summed E-state index contributed by atoms with van der Waals surface area (Å²) in [6.45, 7) is 2.14. The van der Waals surface area contributed by atoms with Gasteiger partial charge in [0.05, 0.1) is 6.26 Å². The summed E-state index contributed by atoms with van der Waals surface area (Å²) in [6, 6.07) is 8.31. The molecule has 0 aliphatic rings. The first kappa shape index (κ1) is 6.47. The van der Waals surface area contributed by atoms with Gasteiger partial charge in [-0.1, -0.05) is 19.1 Å². The summed E-state index contributed by atoms with van der Waals surface area (Å²) in [6.07, 6.45) is 2.79. The van der Waals surface area contributed by atoms with Crippen LogP contribution in [0.4, 0.5) is 0 Å². The van der Waals surface area contributed by atoms with Gasteiger partial charge in [0.2, 0.25) is 0 Å². The molecule has 1 aromatic carbocycles. The second-order valence-corrected chi connectivity index (χ2v) is 2.65. The third kappa shape index (κ3) is 1.03. The molecule has 1 aromatic heterocycles. The van der Waals surface area contributed by atoms with Gasteiger partial charge in [0.15, 0.2) is 0 Å². The van der Waals surface area contributed by atoms with Gasteiger partial charge >= 0.3 is 0 Å². The first-order chi connectivity index (χ1) is 5.40. The van der Waals surface area contributed by atoms with Crippen molar-refractivity contribution in [2.24, 2.45) is 0 Å². The average molecular weight is 146 g/mol. The van der Waals surface area contributed by atoms with E-state index >= 15 is 0 Å². The minimum Gasteiger partial charge on any atom is -0.464 e. The van der Waals surface area contributed by atoms with Crippen LogP contribution in [-0.4, -0.2) is 0 Å². The molecule has 0 saturated heterocycles. The van der Waals surface area contributed by atoms with Crippen LogP contribution < -0.4 is 0 Å². The van der Waals surface area contributed by atoms with Crippen molar-refractivity contribution < 1.29 is 4.42 Å². The zero-order valence-electron chi connectivity index (χ0n) is 6.50. The second kappa shape index (κ2) is 2.42. The van der Waals surface area contributed by atoms with Gasteiger partial charge in [-0.3, -0.25) is 0 Å². The van der Waals surface area contributed by atoms with Crippen molar-refractivity contribution in [2.75, 3.05) is 0 Å². The maximum Gasteiger partial charge on any atom is 0.134 e. The highest BCUT2D eigenvalue weighted by Gasteiger charge is 1.95. The molecular weight excluding hydrogens is 136 g/mol. The van der Waals surface area contributed by atoms with E-state index < -0.39 is 0 Å². The van der Waals surface area contributed by atoms with Crippen LogP contribution in [0.1, 0.15) is 12.5 Å².